The molecule has 0 bridgehead atoms. The number of piperidine rings is 1. The minimum Gasteiger partial charge on any atom is -0.493 e. The second-order valence-electron chi connectivity index (χ2n) is 6.95. The molecule has 0 aromatic carbocycles. The number of pyridine rings is 1. The fourth-order valence-electron chi connectivity index (χ4n) is 3.40. The van der Waals surface area contributed by atoms with Crippen LogP contribution in [0.1, 0.15) is 38.8 Å². The molecule has 1 aromatic heterocycles. The molecule has 0 radical (unpaired) electrons. The Bertz CT molecular complexity index is 570. The highest BCUT2D eigenvalue weighted by Gasteiger charge is 2.34. The van der Waals surface area contributed by atoms with Gasteiger partial charge in [0.2, 0.25) is 0 Å². The van der Waals surface area contributed by atoms with Gasteiger partial charge in [-0.25, -0.2) is 0 Å². The SMILES string of the molecule is COc1ccnc(CN2CCCC(CO)(CC=C(C)C)C2)c1OC. The maximum atomic E-state index is 10.0. The zero-order chi connectivity index (χ0) is 17.6. The van der Waals surface area contributed by atoms with Crippen LogP contribution in [0.5, 0.6) is 11.5 Å². The van der Waals surface area contributed by atoms with Crippen LogP contribution in [0.15, 0.2) is 23.9 Å². The topological polar surface area (TPSA) is 54.8 Å². The van der Waals surface area contributed by atoms with Gasteiger partial charge in [-0.3, -0.25) is 9.88 Å². The Kier molecular flexibility index (Phi) is 6.63. The number of allylic oxidation sites excluding steroid dienone is 2. The fraction of sp³-hybridized carbons (Fsp3) is 0.632. The van der Waals surface area contributed by atoms with Gasteiger partial charge in [-0.1, -0.05) is 11.6 Å². The summed E-state index contributed by atoms with van der Waals surface area (Å²) in [5.41, 5.74) is 2.13. The summed E-state index contributed by atoms with van der Waals surface area (Å²) in [7, 11) is 3.28. The lowest BCUT2D eigenvalue weighted by Crippen LogP contribution is -2.44. The van der Waals surface area contributed by atoms with E-state index in [0.717, 1.165) is 38.0 Å². The third kappa shape index (κ3) is 4.48. The molecule has 1 saturated heterocycles. The number of methoxy groups -OCH3 is 2. The summed E-state index contributed by atoms with van der Waals surface area (Å²) >= 11 is 0. The third-order valence-electron chi connectivity index (χ3n) is 4.76. The summed E-state index contributed by atoms with van der Waals surface area (Å²) in [6, 6.07) is 1.81. The summed E-state index contributed by atoms with van der Waals surface area (Å²) in [5, 5.41) is 10.0. The Morgan fingerprint density at radius 1 is 1.38 bits per heavy atom. The average molecular weight is 334 g/mol. The summed E-state index contributed by atoms with van der Waals surface area (Å²) in [4.78, 5) is 6.84. The first kappa shape index (κ1) is 18.7. The van der Waals surface area contributed by atoms with Crippen molar-refractivity contribution < 1.29 is 14.6 Å². The molecule has 5 nitrogen and oxygen atoms in total. The highest BCUT2D eigenvalue weighted by Crippen LogP contribution is 2.36. The average Bonchev–Trinajstić information content (AvgIpc) is 2.60. The standard InChI is InChI=1S/C19H30N2O3/c1-15(2)6-9-19(14-22)8-5-11-21(13-19)12-16-18(24-4)17(23-3)7-10-20-16/h6-7,10,22H,5,8-9,11-14H2,1-4H3. The summed E-state index contributed by atoms with van der Waals surface area (Å²) in [6.07, 6.45) is 7.06. The van der Waals surface area contributed by atoms with Crippen LogP contribution in [0.3, 0.4) is 0 Å². The fourth-order valence-corrected chi connectivity index (χ4v) is 3.40. The molecule has 0 aliphatic carbocycles. The van der Waals surface area contributed by atoms with Gasteiger partial charge in [0, 0.05) is 30.8 Å². The van der Waals surface area contributed by atoms with Gasteiger partial charge >= 0.3 is 0 Å². The van der Waals surface area contributed by atoms with E-state index < -0.39 is 0 Å². The van der Waals surface area contributed by atoms with Gasteiger partial charge < -0.3 is 14.6 Å². The highest BCUT2D eigenvalue weighted by atomic mass is 16.5. The summed E-state index contributed by atoms with van der Waals surface area (Å²) < 4.78 is 10.9. The van der Waals surface area contributed by atoms with E-state index in [9.17, 15) is 5.11 Å². The lowest BCUT2D eigenvalue weighted by molar-refractivity contribution is 0.0298. The maximum Gasteiger partial charge on any atom is 0.183 e. The lowest BCUT2D eigenvalue weighted by Gasteiger charge is -2.41. The highest BCUT2D eigenvalue weighted by molar-refractivity contribution is 5.42. The molecular weight excluding hydrogens is 304 g/mol. The number of rotatable bonds is 7. The van der Waals surface area contributed by atoms with Gasteiger partial charge in [0.15, 0.2) is 11.5 Å². The zero-order valence-corrected chi connectivity index (χ0v) is 15.3. The number of aromatic nitrogens is 1. The van der Waals surface area contributed by atoms with Crippen LogP contribution >= 0.6 is 0 Å². The smallest absolute Gasteiger partial charge is 0.183 e. The number of hydrogen-bond donors (Lipinski definition) is 1. The maximum absolute atomic E-state index is 10.0. The van der Waals surface area contributed by atoms with E-state index in [2.05, 4.69) is 29.8 Å². The van der Waals surface area contributed by atoms with Gasteiger partial charge in [-0.15, -0.1) is 0 Å². The monoisotopic (exact) mass is 334 g/mol. The number of likely N-dealkylation sites (tertiary alicyclic amines) is 1. The molecule has 1 atom stereocenters. The van der Waals surface area contributed by atoms with E-state index in [1.807, 2.05) is 6.07 Å². The van der Waals surface area contributed by atoms with Crippen LogP contribution in [-0.2, 0) is 6.54 Å². The Hall–Kier alpha value is -1.59. The minimum atomic E-state index is -0.0539. The summed E-state index contributed by atoms with van der Waals surface area (Å²) in [6.45, 7) is 7.02. The van der Waals surface area contributed by atoms with Crippen molar-refractivity contribution >= 4 is 0 Å². The molecule has 0 spiro atoms. The normalized spacial score (nSPS) is 21.4. The van der Waals surface area contributed by atoms with Crippen molar-refractivity contribution in [1.82, 2.24) is 9.88 Å². The first-order chi connectivity index (χ1) is 11.5. The van der Waals surface area contributed by atoms with Crippen LogP contribution in [0, 0.1) is 5.41 Å². The van der Waals surface area contributed by atoms with Gasteiger partial charge in [0.1, 0.15) is 5.69 Å². The van der Waals surface area contributed by atoms with Crippen molar-refractivity contribution in [2.24, 2.45) is 5.41 Å². The van der Waals surface area contributed by atoms with E-state index >= 15 is 0 Å². The first-order valence-corrected chi connectivity index (χ1v) is 8.56. The molecule has 1 aliphatic heterocycles. The van der Waals surface area contributed by atoms with Crippen molar-refractivity contribution in [3.05, 3.63) is 29.6 Å². The number of hydrogen-bond acceptors (Lipinski definition) is 5. The molecule has 1 aliphatic rings. The first-order valence-electron chi connectivity index (χ1n) is 8.56. The number of nitrogens with zero attached hydrogens (tertiary/aromatic N) is 2. The van der Waals surface area contributed by atoms with Crippen molar-refractivity contribution in [3.63, 3.8) is 0 Å². The minimum absolute atomic E-state index is 0.0539. The van der Waals surface area contributed by atoms with Crippen LogP contribution in [0.2, 0.25) is 0 Å². The number of ether oxygens (including phenoxy) is 2. The third-order valence-corrected chi connectivity index (χ3v) is 4.76. The van der Waals surface area contributed by atoms with Crippen molar-refractivity contribution in [3.8, 4) is 11.5 Å². The molecule has 0 saturated carbocycles. The Balaban J connectivity index is 2.14. The number of aliphatic hydroxyl groups excluding tert-OH is 1. The Labute approximate surface area is 145 Å². The molecule has 0 amide bonds. The van der Waals surface area contributed by atoms with Crippen molar-refractivity contribution in [1.29, 1.82) is 0 Å². The molecule has 24 heavy (non-hydrogen) atoms. The molecule has 2 heterocycles. The van der Waals surface area contributed by atoms with Gasteiger partial charge in [0.05, 0.1) is 20.8 Å². The Morgan fingerprint density at radius 3 is 2.79 bits per heavy atom. The Morgan fingerprint density at radius 2 is 2.17 bits per heavy atom. The largest absolute Gasteiger partial charge is 0.493 e. The lowest BCUT2D eigenvalue weighted by atomic mass is 9.77. The van der Waals surface area contributed by atoms with E-state index in [4.69, 9.17) is 9.47 Å². The van der Waals surface area contributed by atoms with Gasteiger partial charge in [-0.05, 0) is 39.7 Å². The van der Waals surface area contributed by atoms with Crippen molar-refractivity contribution in [2.45, 2.75) is 39.7 Å². The van der Waals surface area contributed by atoms with Gasteiger partial charge in [-0.2, -0.15) is 0 Å². The molecule has 1 aromatic rings. The van der Waals surface area contributed by atoms with Crippen molar-refractivity contribution in [2.75, 3.05) is 33.9 Å². The molecular formula is C19H30N2O3. The van der Waals surface area contributed by atoms with E-state index in [1.54, 1.807) is 20.4 Å². The molecule has 1 N–H and O–H groups in total. The van der Waals surface area contributed by atoms with E-state index in [-0.39, 0.29) is 12.0 Å². The van der Waals surface area contributed by atoms with Gasteiger partial charge in [0.25, 0.3) is 0 Å². The van der Waals surface area contributed by atoms with Crippen LogP contribution in [0.25, 0.3) is 0 Å². The molecule has 1 fully saturated rings. The van der Waals surface area contributed by atoms with Crippen LogP contribution < -0.4 is 9.47 Å². The number of aliphatic hydroxyl groups is 1. The summed E-state index contributed by atoms with van der Waals surface area (Å²) in [5.74, 6) is 1.40. The van der Waals surface area contributed by atoms with Crippen LogP contribution in [-0.4, -0.2) is 48.9 Å². The molecule has 2 rings (SSSR count). The molecule has 134 valence electrons. The second kappa shape index (κ2) is 8.49. The molecule has 5 heteroatoms. The van der Waals surface area contributed by atoms with E-state index in [1.165, 1.54) is 5.57 Å². The molecule has 1 unspecified atom stereocenters. The predicted octanol–water partition coefficient (Wildman–Crippen LogP) is 3.03. The van der Waals surface area contributed by atoms with E-state index in [0.29, 0.717) is 18.0 Å². The second-order valence-corrected chi connectivity index (χ2v) is 6.95. The predicted molar refractivity (Wildman–Crippen MR) is 95.4 cm³/mol. The van der Waals surface area contributed by atoms with Crippen LogP contribution in [0.4, 0.5) is 0 Å². The quantitative estimate of drug-likeness (QED) is 0.777. The zero-order valence-electron chi connectivity index (χ0n) is 15.3.